The van der Waals surface area contributed by atoms with Gasteiger partial charge < -0.3 is 15.5 Å². The molecule has 2 aromatic rings. The second-order valence-corrected chi connectivity index (χ2v) is 6.51. The van der Waals surface area contributed by atoms with Crippen molar-refractivity contribution in [3.63, 3.8) is 0 Å². The van der Waals surface area contributed by atoms with Gasteiger partial charge in [-0.15, -0.1) is 0 Å². The Morgan fingerprint density at radius 1 is 1.12 bits per heavy atom. The molecule has 1 aliphatic heterocycles. The summed E-state index contributed by atoms with van der Waals surface area (Å²) in [7, 11) is 0. The van der Waals surface area contributed by atoms with E-state index in [1.807, 2.05) is 25.1 Å². The first-order chi connectivity index (χ1) is 12.2. The molecule has 2 amide bonds. The number of nitrogens with one attached hydrogen (secondary N) is 2. The second-order valence-electron chi connectivity index (χ2n) is 6.51. The van der Waals surface area contributed by atoms with E-state index in [0.29, 0.717) is 6.54 Å². The Morgan fingerprint density at radius 3 is 2.60 bits per heavy atom. The van der Waals surface area contributed by atoms with Crippen molar-refractivity contribution in [2.24, 2.45) is 0 Å². The van der Waals surface area contributed by atoms with Crippen LogP contribution in [0.15, 0.2) is 48.8 Å². The minimum Gasteiger partial charge on any atom is -0.371 e. The summed E-state index contributed by atoms with van der Waals surface area (Å²) < 4.78 is 0. The topological polar surface area (TPSA) is 57.3 Å². The van der Waals surface area contributed by atoms with Gasteiger partial charge in [-0.1, -0.05) is 18.2 Å². The molecule has 1 aliphatic rings. The highest BCUT2D eigenvalue weighted by atomic mass is 16.2. The Hall–Kier alpha value is -2.56. The van der Waals surface area contributed by atoms with Crippen LogP contribution in [0.25, 0.3) is 0 Å². The summed E-state index contributed by atoms with van der Waals surface area (Å²) in [5.41, 5.74) is 3.44. The maximum Gasteiger partial charge on any atom is 0.315 e. The van der Waals surface area contributed by atoms with Crippen molar-refractivity contribution in [1.29, 1.82) is 0 Å². The number of carbonyl (C=O) groups excluding carboxylic acids is 1. The van der Waals surface area contributed by atoms with Gasteiger partial charge in [-0.05, 0) is 55.5 Å². The van der Waals surface area contributed by atoms with Gasteiger partial charge >= 0.3 is 6.03 Å². The van der Waals surface area contributed by atoms with Gasteiger partial charge in [-0.3, -0.25) is 4.98 Å². The molecule has 132 valence electrons. The standard InChI is InChI=1S/C20H26N4O/c1-16(17-9-11-21-12-10-17)23-20(25)22-15-18-7-3-4-8-19(18)24-13-5-2-6-14-24/h3-4,7-12,16H,2,5-6,13-15H2,1H3,(H2,22,23,25)/t16-/m0/s1. The Kier molecular flexibility index (Phi) is 5.88. The zero-order valence-electron chi connectivity index (χ0n) is 14.7. The third-order valence-corrected chi connectivity index (χ3v) is 4.68. The normalized spacial score (nSPS) is 15.5. The lowest BCUT2D eigenvalue weighted by Crippen LogP contribution is -2.37. The summed E-state index contributed by atoms with van der Waals surface area (Å²) in [6.45, 7) is 4.70. The lowest BCUT2D eigenvalue weighted by molar-refractivity contribution is 0.237. The summed E-state index contributed by atoms with van der Waals surface area (Å²) >= 11 is 0. The molecule has 0 spiro atoms. The van der Waals surface area contributed by atoms with E-state index in [2.05, 4.69) is 38.7 Å². The molecule has 1 fully saturated rings. The molecule has 1 saturated heterocycles. The SMILES string of the molecule is C[C@H](NC(=O)NCc1ccccc1N1CCCCC1)c1ccncc1. The van der Waals surface area contributed by atoms with Crippen molar-refractivity contribution in [1.82, 2.24) is 15.6 Å². The lowest BCUT2D eigenvalue weighted by atomic mass is 10.1. The van der Waals surface area contributed by atoms with Crippen LogP contribution >= 0.6 is 0 Å². The molecule has 5 heteroatoms. The van der Waals surface area contributed by atoms with Crippen molar-refractivity contribution < 1.29 is 4.79 Å². The van der Waals surface area contributed by atoms with Crippen LogP contribution in [0.5, 0.6) is 0 Å². The van der Waals surface area contributed by atoms with E-state index in [1.165, 1.54) is 24.9 Å². The number of carbonyl (C=O) groups is 1. The van der Waals surface area contributed by atoms with Gasteiger partial charge in [0.1, 0.15) is 0 Å². The number of rotatable bonds is 5. The fourth-order valence-corrected chi connectivity index (χ4v) is 3.26. The second kappa shape index (κ2) is 8.51. The highest BCUT2D eigenvalue weighted by molar-refractivity contribution is 5.74. The number of piperidine rings is 1. The molecular formula is C20H26N4O. The number of aromatic nitrogens is 1. The lowest BCUT2D eigenvalue weighted by Gasteiger charge is -2.30. The number of nitrogens with zero attached hydrogens (tertiary/aromatic N) is 2. The van der Waals surface area contributed by atoms with Crippen LogP contribution < -0.4 is 15.5 Å². The fourth-order valence-electron chi connectivity index (χ4n) is 3.26. The van der Waals surface area contributed by atoms with Crippen LogP contribution in [0, 0.1) is 0 Å². The van der Waals surface area contributed by atoms with Crippen molar-refractivity contribution in [2.75, 3.05) is 18.0 Å². The average Bonchev–Trinajstić information content (AvgIpc) is 2.68. The first-order valence-corrected chi connectivity index (χ1v) is 9.01. The highest BCUT2D eigenvalue weighted by Crippen LogP contribution is 2.24. The molecular weight excluding hydrogens is 312 g/mol. The smallest absolute Gasteiger partial charge is 0.315 e. The molecule has 3 rings (SSSR count). The molecule has 0 bridgehead atoms. The molecule has 2 heterocycles. The molecule has 0 aliphatic carbocycles. The predicted molar refractivity (Wildman–Crippen MR) is 101 cm³/mol. The van der Waals surface area contributed by atoms with Gasteiger partial charge in [-0.2, -0.15) is 0 Å². The third kappa shape index (κ3) is 4.72. The molecule has 0 saturated carbocycles. The highest BCUT2D eigenvalue weighted by Gasteiger charge is 2.15. The first kappa shape index (κ1) is 17.3. The molecule has 5 nitrogen and oxygen atoms in total. The van der Waals surface area contributed by atoms with Crippen LogP contribution in [-0.2, 0) is 6.54 Å². The monoisotopic (exact) mass is 338 g/mol. The van der Waals surface area contributed by atoms with Crippen molar-refractivity contribution in [3.05, 3.63) is 59.9 Å². The molecule has 2 N–H and O–H groups in total. The largest absolute Gasteiger partial charge is 0.371 e. The number of hydrogen-bond donors (Lipinski definition) is 2. The summed E-state index contributed by atoms with van der Waals surface area (Å²) in [5.74, 6) is 0. The van der Waals surface area contributed by atoms with E-state index >= 15 is 0 Å². The maximum atomic E-state index is 12.2. The van der Waals surface area contributed by atoms with Gasteiger partial charge in [0.2, 0.25) is 0 Å². The number of anilines is 1. The third-order valence-electron chi connectivity index (χ3n) is 4.68. The molecule has 1 atom stereocenters. The van der Waals surface area contributed by atoms with E-state index in [1.54, 1.807) is 12.4 Å². The van der Waals surface area contributed by atoms with Crippen molar-refractivity contribution >= 4 is 11.7 Å². The van der Waals surface area contributed by atoms with Crippen LogP contribution in [0.4, 0.5) is 10.5 Å². The minimum atomic E-state index is -0.155. The summed E-state index contributed by atoms with van der Waals surface area (Å²) in [6.07, 6.45) is 7.27. The number of urea groups is 1. The van der Waals surface area contributed by atoms with Crippen molar-refractivity contribution in [3.8, 4) is 0 Å². The Morgan fingerprint density at radius 2 is 1.84 bits per heavy atom. The van der Waals surface area contributed by atoms with Crippen LogP contribution in [0.3, 0.4) is 0 Å². The maximum absolute atomic E-state index is 12.2. The van der Waals surface area contributed by atoms with Gasteiger partial charge in [0.05, 0.1) is 6.04 Å². The molecule has 0 unspecified atom stereocenters. The zero-order chi connectivity index (χ0) is 17.5. The van der Waals surface area contributed by atoms with Gasteiger partial charge in [-0.25, -0.2) is 4.79 Å². The molecule has 0 radical (unpaired) electrons. The van der Waals surface area contributed by atoms with Gasteiger partial charge in [0.25, 0.3) is 0 Å². The van der Waals surface area contributed by atoms with Crippen LogP contribution in [0.1, 0.15) is 43.4 Å². The first-order valence-electron chi connectivity index (χ1n) is 9.01. The average molecular weight is 338 g/mol. The number of amides is 2. The summed E-state index contributed by atoms with van der Waals surface area (Å²) in [4.78, 5) is 18.7. The quantitative estimate of drug-likeness (QED) is 0.875. The van der Waals surface area contributed by atoms with E-state index in [4.69, 9.17) is 0 Å². The number of pyridine rings is 1. The predicted octanol–water partition coefficient (Wildman–Crippen LogP) is 3.63. The summed E-state index contributed by atoms with van der Waals surface area (Å²) in [6, 6.07) is 12.0. The Labute approximate surface area is 149 Å². The molecule has 1 aromatic carbocycles. The van der Waals surface area contributed by atoms with E-state index < -0.39 is 0 Å². The van der Waals surface area contributed by atoms with Crippen LogP contribution in [-0.4, -0.2) is 24.1 Å². The zero-order valence-corrected chi connectivity index (χ0v) is 14.7. The minimum absolute atomic E-state index is 0.0552. The number of benzene rings is 1. The fraction of sp³-hybridized carbons (Fsp3) is 0.400. The van der Waals surface area contributed by atoms with Gasteiger partial charge in [0.15, 0.2) is 0 Å². The Bertz CT molecular complexity index is 683. The van der Waals surface area contributed by atoms with E-state index in [0.717, 1.165) is 24.2 Å². The van der Waals surface area contributed by atoms with Crippen LogP contribution in [0.2, 0.25) is 0 Å². The molecule has 25 heavy (non-hydrogen) atoms. The number of hydrogen-bond acceptors (Lipinski definition) is 3. The van der Waals surface area contributed by atoms with E-state index in [9.17, 15) is 4.79 Å². The molecule has 1 aromatic heterocycles. The summed E-state index contributed by atoms with van der Waals surface area (Å²) in [5, 5.41) is 5.96. The van der Waals surface area contributed by atoms with Crippen molar-refractivity contribution in [2.45, 2.75) is 38.8 Å². The Balaban J connectivity index is 1.57. The number of para-hydroxylation sites is 1. The van der Waals surface area contributed by atoms with E-state index in [-0.39, 0.29) is 12.1 Å². The van der Waals surface area contributed by atoms with Gasteiger partial charge in [0, 0.05) is 37.7 Å².